The van der Waals surface area contributed by atoms with Gasteiger partial charge in [-0.3, -0.25) is 0 Å². The second kappa shape index (κ2) is 17.8. The van der Waals surface area contributed by atoms with Crippen molar-refractivity contribution in [2.24, 2.45) is 0 Å². The molecule has 0 amide bonds. The molecular weight excluding hydrogens is 781 g/mol. The summed E-state index contributed by atoms with van der Waals surface area (Å²) in [5.74, 6) is 0. The molecule has 11 rings (SSSR count). The van der Waals surface area contributed by atoms with Gasteiger partial charge in [0.25, 0.3) is 0 Å². The van der Waals surface area contributed by atoms with Gasteiger partial charge in [0.1, 0.15) is 0 Å². The van der Waals surface area contributed by atoms with Crippen LogP contribution in [0.4, 0.5) is 0 Å². The fourth-order valence-corrected chi connectivity index (χ4v) is 10.3. The van der Waals surface area contributed by atoms with Crippen molar-refractivity contribution >= 4 is 0 Å². The molecule has 0 atom stereocenters. The second-order valence-corrected chi connectivity index (χ2v) is 17.6. The highest BCUT2D eigenvalue weighted by Crippen LogP contribution is 2.55. The third-order valence-electron chi connectivity index (χ3n) is 13.7. The van der Waals surface area contributed by atoms with Gasteiger partial charge in [-0.1, -0.05) is 218 Å². The molecule has 65 heavy (non-hydrogen) atoms. The highest BCUT2D eigenvalue weighted by Gasteiger charge is 2.43. The molecule has 0 aromatic heterocycles. The van der Waals surface area contributed by atoms with Gasteiger partial charge in [-0.15, -0.1) is 0 Å². The molecular formula is C65H50. The number of rotatable bonds is 12. The van der Waals surface area contributed by atoms with E-state index in [1.165, 1.54) is 100 Å². The van der Waals surface area contributed by atoms with Gasteiger partial charge < -0.3 is 0 Å². The Labute approximate surface area is 384 Å². The largest absolute Gasteiger partial charge is 0.0622 e. The highest BCUT2D eigenvalue weighted by molar-refractivity contribution is 5.88. The number of hydrogen-bond acceptors (Lipinski definition) is 0. The second-order valence-electron chi connectivity index (χ2n) is 17.6. The van der Waals surface area contributed by atoms with Crippen LogP contribution in [0.3, 0.4) is 0 Å². The molecule has 0 nitrogen and oxygen atoms in total. The lowest BCUT2D eigenvalue weighted by Crippen LogP contribution is -2.27. The summed E-state index contributed by atoms with van der Waals surface area (Å²) in [6, 6.07) is 94.3. The van der Waals surface area contributed by atoms with E-state index >= 15 is 0 Å². The smallest absolute Gasteiger partial charge is 0.0222 e. The normalized spacial score (nSPS) is 12.4. The Morgan fingerprint density at radius 2 is 0.477 bits per heavy atom. The first kappa shape index (κ1) is 40.0. The van der Waals surface area contributed by atoms with Crippen LogP contribution >= 0.6 is 0 Å². The summed E-state index contributed by atoms with van der Waals surface area (Å²) in [4.78, 5) is 0. The van der Waals surface area contributed by atoms with Gasteiger partial charge in [0, 0.05) is 5.41 Å². The summed E-state index contributed by atoms with van der Waals surface area (Å²) in [7, 11) is 0. The molecule has 0 fully saturated rings. The molecule has 0 N–H and O–H groups in total. The van der Waals surface area contributed by atoms with Crippen molar-refractivity contribution in [2.45, 2.75) is 31.1 Å². The van der Waals surface area contributed by atoms with E-state index in [1.807, 2.05) is 0 Å². The van der Waals surface area contributed by atoms with E-state index in [0.717, 1.165) is 25.7 Å². The first-order valence-electron chi connectivity index (χ1n) is 23.1. The summed E-state index contributed by atoms with van der Waals surface area (Å²) in [6.07, 6.45) is 4.00. The van der Waals surface area contributed by atoms with Crippen LogP contribution in [0.5, 0.6) is 0 Å². The molecule has 0 unspecified atom stereocenters. The zero-order valence-corrected chi connectivity index (χ0v) is 36.6. The van der Waals surface area contributed by atoms with E-state index < -0.39 is 0 Å². The summed E-state index contributed by atoms with van der Waals surface area (Å²) in [6.45, 7) is 0. The maximum Gasteiger partial charge on any atom is 0.0222 e. The van der Waals surface area contributed by atoms with E-state index in [2.05, 4.69) is 255 Å². The van der Waals surface area contributed by atoms with E-state index in [9.17, 15) is 0 Å². The van der Waals surface area contributed by atoms with Crippen molar-refractivity contribution < 1.29 is 0 Å². The van der Waals surface area contributed by atoms with Crippen molar-refractivity contribution in [3.05, 3.63) is 277 Å². The maximum atomic E-state index is 2.55. The minimum Gasteiger partial charge on any atom is -0.0622 e. The highest BCUT2D eigenvalue weighted by atomic mass is 14.5. The van der Waals surface area contributed by atoms with Gasteiger partial charge in [-0.2, -0.15) is 0 Å². The number of benzene rings is 10. The van der Waals surface area contributed by atoms with Crippen LogP contribution in [0.25, 0.3) is 77.9 Å². The Morgan fingerprint density at radius 1 is 0.215 bits per heavy atom. The maximum absolute atomic E-state index is 2.55. The molecule has 0 saturated carbocycles. The molecule has 0 heterocycles. The summed E-state index contributed by atoms with van der Waals surface area (Å²) < 4.78 is 0. The first-order chi connectivity index (χ1) is 32.2. The lowest BCUT2D eigenvalue weighted by molar-refractivity contribution is 0.446. The van der Waals surface area contributed by atoms with Crippen LogP contribution in [-0.2, 0) is 18.3 Å². The van der Waals surface area contributed by atoms with Gasteiger partial charge in [0.15, 0.2) is 0 Å². The third-order valence-corrected chi connectivity index (χ3v) is 13.7. The Hall–Kier alpha value is -7.80. The number of fused-ring (bicyclic) bond motifs is 3. The van der Waals surface area contributed by atoms with Gasteiger partial charge >= 0.3 is 0 Å². The average Bonchev–Trinajstić information content (AvgIpc) is 3.66. The Bertz CT molecular complexity index is 3010. The molecule has 310 valence electrons. The van der Waals surface area contributed by atoms with E-state index in [4.69, 9.17) is 0 Å². The topological polar surface area (TPSA) is 0 Å². The Morgan fingerprint density at radius 3 is 0.800 bits per heavy atom. The fraction of sp³-hybridized carbons (Fsp3) is 0.0769. The van der Waals surface area contributed by atoms with Crippen LogP contribution in [-0.4, -0.2) is 0 Å². The van der Waals surface area contributed by atoms with Crippen molar-refractivity contribution in [2.75, 3.05) is 0 Å². The van der Waals surface area contributed by atoms with E-state index in [-0.39, 0.29) is 5.41 Å². The molecule has 0 saturated heterocycles. The Kier molecular flexibility index (Phi) is 10.9. The monoisotopic (exact) mass is 830 g/mol. The summed E-state index contributed by atoms with van der Waals surface area (Å²) in [5.41, 5.74) is 22.9. The van der Waals surface area contributed by atoms with Crippen LogP contribution in [0.2, 0.25) is 0 Å². The molecule has 0 spiro atoms. The van der Waals surface area contributed by atoms with Gasteiger partial charge in [0.2, 0.25) is 0 Å². The van der Waals surface area contributed by atoms with Crippen molar-refractivity contribution in [1.82, 2.24) is 0 Å². The summed E-state index contributed by atoms with van der Waals surface area (Å²) in [5, 5.41) is 0. The molecule has 1 aliphatic rings. The quantitative estimate of drug-likeness (QED) is 0.115. The van der Waals surface area contributed by atoms with Gasteiger partial charge in [0.05, 0.1) is 0 Å². The van der Waals surface area contributed by atoms with Crippen LogP contribution in [0, 0.1) is 0 Å². The molecule has 0 heteroatoms. The molecule has 1 aliphatic carbocycles. The molecule has 0 bridgehead atoms. The number of hydrogen-bond donors (Lipinski definition) is 0. The zero-order valence-electron chi connectivity index (χ0n) is 36.6. The SMILES string of the molecule is c1ccc(CCC2(CCc3ccccc3)c3cc(-c4cccc(-c5cccc(-c6ccccc6)c5)c4)ccc3-c3ccc(-c4cccc(-c5cccc(-c6ccccc6)c5)c4)cc32)cc1. The Balaban J connectivity index is 1.02. The van der Waals surface area contributed by atoms with Gasteiger partial charge in [-0.05, 0) is 162 Å². The predicted octanol–water partition coefficient (Wildman–Crippen LogP) is 17.2. The van der Waals surface area contributed by atoms with E-state index in [0.29, 0.717) is 0 Å². The fourth-order valence-electron chi connectivity index (χ4n) is 10.3. The molecule has 0 radical (unpaired) electrons. The minimum atomic E-state index is -0.217. The lowest BCUT2D eigenvalue weighted by atomic mass is 9.69. The average molecular weight is 831 g/mol. The van der Waals surface area contributed by atoms with Crippen molar-refractivity contribution in [3.63, 3.8) is 0 Å². The molecule has 0 aliphatic heterocycles. The molecule has 10 aromatic rings. The first-order valence-corrected chi connectivity index (χ1v) is 23.1. The standard InChI is InChI=1S/C65H50/c1-5-17-47(18-6-1)37-39-65(40-38-48-19-7-2-8-20-48)63-45-59(57-31-15-29-55(43-57)53-27-13-25-51(41-53)49-21-9-3-10-22-49)33-35-61(63)62-36-34-60(46-64(62)65)58-32-16-30-56(44-58)54-28-14-26-52(42-54)50-23-11-4-12-24-50/h1-36,41-46H,37-40H2. The predicted molar refractivity (Wildman–Crippen MR) is 275 cm³/mol. The number of aryl methyl sites for hydroxylation is 2. The van der Waals surface area contributed by atoms with Crippen LogP contribution in [0.15, 0.2) is 255 Å². The van der Waals surface area contributed by atoms with Gasteiger partial charge in [-0.25, -0.2) is 0 Å². The lowest BCUT2D eigenvalue weighted by Gasteiger charge is -2.33. The third kappa shape index (κ3) is 8.16. The van der Waals surface area contributed by atoms with Crippen molar-refractivity contribution in [3.8, 4) is 77.9 Å². The van der Waals surface area contributed by atoms with E-state index in [1.54, 1.807) is 0 Å². The zero-order chi connectivity index (χ0) is 43.4. The minimum absolute atomic E-state index is 0.217. The van der Waals surface area contributed by atoms with Crippen LogP contribution < -0.4 is 0 Å². The summed E-state index contributed by atoms with van der Waals surface area (Å²) >= 11 is 0. The van der Waals surface area contributed by atoms with Crippen LogP contribution in [0.1, 0.15) is 35.1 Å². The van der Waals surface area contributed by atoms with Crippen molar-refractivity contribution in [1.29, 1.82) is 0 Å². The molecule has 10 aromatic carbocycles.